The third-order valence-electron chi connectivity index (χ3n) is 4.81. The van der Waals surface area contributed by atoms with Gasteiger partial charge in [0.25, 0.3) is 5.56 Å². The summed E-state index contributed by atoms with van der Waals surface area (Å²) in [6.45, 7) is 1.03. The predicted octanol–water partition coefficient (Wildman–Crippen LogP) is 0.411. The van der Waals surface area contributed by atoms with Crippen molar-refractivity contribution >= 4 is 27.3 Å². The number of nitrogens with zero attached hydrogens (tertiary/aromatic N) is 4. The molecule has 1 aromatic heterocycles. The number of aromatic hydroxyl groups is 1. The number of ether oxygens (including phenoxy) is 2. The third-order valence-corrected chi connectivity index (χ3v) is 6.29. The fourth-order valence-corrected chi connectivity index (χ4v) is 4.11. The van der Waals surface area contributed by atoms with Crippen LogP contribution in [0, 0.1) is 11.3 Å². The average molecular weight is 537 g/mol. The topological polar surface area (TPSA) is 205 Å². The number of rotatable bonds is 14. The summed E-state index contributed by atoms with van der Waals surface area (Å²) in [7, 11) is -2.47. The standard InChI is InChI=1S/C22H28N6O8S/c1-15(30)24-7-9-28-21(31)18(13-23)19(14-35-2)20(22(28)32)27-26-16-3-5-17(6-4-16)37(33,34)25-8-11-36-12-10-29/h3-6,25,29,32H,7-12,14H2,1-2H3,(H,24,30)/b27-26+. The lowest BCUT2D eigenvalue weighted by Crippen LogP contribution is -2.31. The lowest BCUT2D eigenvalue weighted by molar-refractivity contribution is -0.119. The molecule has 0 saturated heterocycles. The Balaban J connectivity index is 2.34. The number of methoxy groups -OCH3 is 1. The summed E-state index contributed by atoms with van der Waals surface area (Å²) in [6.07, 6.45) is 0. The van der Waals surface area contributed by atoms with Gasteiger partial charge in [-0.2, -0.15) is 10.4 Å². The van der Waals surface area contributed by atoms with Crippen LogP contribution in [-0.4, -0.2) is 69.1 Å². The number of nitrogens with one attached hydrogen (secondary N) is 2. The van der Waals surface area contributed by atoms with Crippen molar-refractivity contribution in [2.75, 3.05) is 40.0 Å². The molecule has 0 aliphatic heterocycles. The van der Waals surface area contributed by atoms with Crippen molar-refractivity contribution in [3.05, 3.63) is 45.7 Å². The number of benzene rings is 1. The monoisotopic (exact) mass is 536 g/mol. The van der Waals surface area contributed by atoms with E-state index < -0.39 is 21.5 Å². The van der Waals surface area contributed by atoms with E-state index in [0.717, 1.165) is 4.57 Å². The maximum atomic E-state index is 12.7. The van der Waals surface area contributed by atoms with Crippen molar-refractivity contribution in [1.82, 2.24) is 14.6 Å². The Hall–Kier alpha value is -3.68. The molecule has 0 bridgehead atoms. The number of carbonyl (C=O) groups excluding carboxylic acids is 1. The zero-order valence-electron chi connectivity index (χ0n) is 20.3. The van der Waals surface area contributed by atoms with E-state index >= 15 is 0 Å². The van der Waals surface area contributed by atoms with Gasteiger partial charge < -0.3 is 25.0 Å². The van der Waals surface area contributed by atoms with Gasteiger partial charge in [-0.25, -0.2) is 13.1 Å². The lowest BCUT2D eigenvalue weighted by atomic mass is 10.1. The average Bonchev–Trinajstić information content (AvgIpc) is 2.86. The van der Waals surface area contributed by atoms with Crippen LogP contribution in [0.4, 0.5) is 11.4 Å². The normalized spacial score (nSPS) is 11.5. The molecule has 200 valence electrons. The fraction of sp³-hybridized carbons (Fsp3) is 0.409. The van der Waals surface area contributed by atoms with Crippen molar-refractivity contribution in [1.29, 1.82) is 5.26 Å². The van der Waals surface area contributed by atoms with E-state index in [9.17, 15) is 28.4 Å². The molecular formula is C22H28N6O8S. The largest absolute Gasteiger partial charge is 0.493 e. The van der Waals surface area contributed by atoms with Crippen LogP contribution in [0.5, 0.6) is 5.88 Å². The van der Waals surface area contributed by atoms with Crippen molar-refractivity contribution in [2.45, 2.75) is 25.0 Å². The Morgan fingerprint density at radius 3 is 2.49 bits per heavy atom. The quantitative estimate of drug-likeness (QED) is 0.195. The summed E-state index contributed by atoms with van der Waals surface area (Å²) in [4.78, 5) is 23.9. The van der Waals surface area contributed by atoms with Gasteiger partial charge in [0.15, 0.2) is 5.69 Å². The first-order valence-corrected chi connectivity index (χ1v) is 12.5. The fourth-order valence-electron chi connectivity index (χ4n) is 3.10. The zero-order chi connectivity index (χ0) is 27.4. The first kappa shape index (κ1) is 29.5. The molecule has 1 aromatic carbocycles. The van der Waals surface area contributed by atoms with Crippen LogP contribution in [0.3, 0.4) is 0 Å². The van der Waals surface area contributed by atoms with Crippen LogP contribution in [0.2, 0.25) is 0 Å². The lowest BCUT2D eigenvalue weighted by Gasteiger charge is -2.14. The first-order chi connectivity index (χ1) is 17.7. The summed E-state index contributed by atoms with van der Waals surface area (Å²) < 4.78 is 38.1. The summed E-state index contributed by atoms with van der Waals surface area (Å²) >= 11 is 0. The van der Waals surface area contributed by atoms with Crippen LogP contribution >= 0.6 is 0 Å². The molecule has 4 N–H and O–H groups in total. The minimum Gasteiger partial charge on any atom is -0.493 e. The molecule has 37 heavy (non-hydrogen) atoms. The van der Waals surface area contributed by atoms with E-state index in [1.54, 1.807) is 6.07 Å². The highest BCUT2D eigenvalue weighted by molar-refractivity contribution is 7.89. The van der Waals surface area contributed by atoms with Crippen molar-refractivity contribution in [3.8, 4) is 11.9 Å². The van der Waals surface area contributed by atoms with Crippen LogP contribution in [-0.2, 0) is 37.4 Å². The van der Waals surface area contributed by atoms with Gasteiger partial charge in [0.2, 0.25) is 21.8 Å². The summed E-state index contributed by atoms with van der Waals surface area (Å²) in [6, 6.07) is 7.16. The zero-order valence-corrected chi connectivity index (χ0v) is 21.1. The Morgan fingerprint density at radius 1 is 1.19 bits per heavy atom. The summed E-state index contributed by atoms with van der Waals surface area (Å²) in [5, 5.41) is 39.5. The minimum absolute atomic E-state index is 0.0181. The maximum Gasteiger partial charge on any atom is 0.271 e. The van der Waals surface area contributed by atoms with Crippen LogP contribution in [0.15, 0.2) is 44.2 Å². The number of carbonyl (C=O) groups is 1. The number of hydrogen-bond donors (Lipinski definition) is 4. The van der Waals surface area contributed by atoms with Crippen molar-refractivity contribution < 1.29 is 32.9 Å². The van der Waals surface area contributed by atoms with Gasteiger partial charge in [0.1, 0.15) is 11.6 Å². The van der Waals surface area contributed by atoms with Crippen molar-refractivity contribution in [3.63, 3.8) is 0 Å². The summed E-state index contributed by atoms with van der Waals surface area (Å²) in [5.74, 6) is -0.906. The Bertz CT molecular complexity index is 1320. The number of azo groups is 1. The van der Waals surface area contributed by atoms with E-state index in [-0.39, 0.29) is 79.4 Å². The minimum atomic E-state index is -3.81. The highest BCUT2D eigenvalue weighted by atomic mass is 32.2. The van der Waals surface area contributed by atoms with Gasteiger partial charge in [0, 0.05) is 39.2 Å². The van der Waals surface area contributed by atoms with E-state index in [2.05, 4.69) is 20.3 Å². The van der Waals surface area contributed by atoms with E-state index in [1.807, 2.05) is 0 Å². The molecule has 0 unspecified atom stereocenters. The number of aliphatic hydroxyl groups excluding tert-OH is 1. The van der Waals surface area contributed by atoms with E-state index in [0.29, 0.717) is 0 Å². The molecule has 1 heterocycles. The molecule has 0 fully saturated rings. The van der Waals surface area contributed by atoms with Crippen molar-refractivity contribution in [2.24, 2.45) is 10.2 Å². The van der Waals surface area contributed by atoms with Gasteiger partial charge in [-0.1, -0.05) is 0 Å². The van der Waals surface area contributed by atoms with Crippen LogP contribution < -0.4 is 15.6 Å². The Morgan fingerprint density at radius 2 is 1.89 bits per heavy atom. The van der Waals surface area contributed by atoms with Gasteiger partial charge in [-0.15, -0.1) is 5.11 Å². The molecule has 0 aliphatic carbocycles. The van der Waals surface area contributed by atoms with Gasteiger partial charge in [-0.05, 0) is 24.3 Å². The number of aliphatic hydroxyl groups is 1. The predicted molar refractivity (Wildman–Crippen MR) is 130 cm³/mol. The van der Waals surface area contributed by atoms with Gasteiger partial charge in [0.05, 0.1) is 37.0 Å². The first-order valence-electron chi connectivity index (χ1n) is 11.0. The SMILES string of the molecule is COCc1c(/N=N/c2ccc(S(=O)(=O)NCCOCCO)cc2)c(O)n(CCNC(C)=O)c(=O)c1C#N. The third kappa shape index (κ3) is 8.17. The van der Waals surface area contributed by atoms with E-state index in [1.165, 1.54) is 38.3 Å². The van der Waals surface area contributed by atoms with Gasteiger partial charge in [-0.3, -0.25) is 14.2 Å². The highest BCUT2D eigenvalue weighted by Gasteiger charge is 2.22. The molecule has 0 saturated carbocycles. The number of aromatic nitrogens is 1. The van der Waals surface area contributed by atoms with Crippen LogP contribution in [0.1, 0.15) is 18.1 Å². The molecule has 15 heteroatoms. The second-order valence-electron chi connectivity index (χ2n) is 7.44. The van der Waals surface area contributed by atoms with E-state index in [4.69, 9.17) is 14.6 Å². The van der Waals surface area contributed by atoms with Gasteiger partial charge >= 0.3 is 0 Å². The number of amides is 1. The summed E-state index contributed by atoms with van der Waals surface area (Å²) in [5.41, 5.74) is -1.00. The smallest absolute Gasteiger partial charge is 0.271 e. The molecule has 0 aliphatic rings. The highest BCUT2D eigenvalue weighted by Crippen LogP contribution is 2.33. The van der Waals surface area contributed by atoms with Crippen LogP contribution in [0.25, 0.3) is 0 Å². The molecule has 1 amide bonds. The number of pyridine rings is 1. The molecule has 14 nitrogen and oxygen atoms in total. The second kappa shape index (κ2) is 14.2. The molecule has 0 spiro atoms. The Kier molecular flexibility index (Phi) is 11.3. The Labute approximate surface area is 213 Å². The number of hydrogen-bond acceptors (Lipinski definition) is 11. The molecule has 2 aromatic rings. The molecule has 2 rings (SSSR count). The maximum absolute atomic E-state index is 12.7. The number of sulfonamides is 1. The molecule has 0 radical (unpaired) electrons. The number of nitriles is 1. The molecule has 0 atom stereocenters. The second-order valence-corrected chi connectivity index (χ2v) is 9.20. The molecular weight excluding hydrogens is 508 g/mol.